The number of aliphatic hydroxyl groups is 1. The van der Waals surface area contributed by atoms with E-state index in [9.17, 15) is 20.2 Å². The minimum atomic E-state index is -0.857. The quantitative estimate of drug-likeness (QED) is 0.442. The van der Waals surface area contributed by atoms with Crippen molar-refractivity contribution in [3.8, 4) is 0 Å². The van der Waals surface area contributed by atoms with Crippen LogP contribution in [0.5, 0.6) is 0 Å². The second-order valence-electron chi connectivity index (χ2n) is 10.4. The van der Waals surface area contributed by atoms with Crippen LogP contribution in [0.1, 0.15) is 58.3 Å². The van der Waals surface area contributed by atoms with E-state index in [4.69, 9.17) is 5.73 Å². The van der Waals surface area contributed by atoms with Crippen LogP contribution in [-0.4, -0.2) is 45.5 Å². The normalized spacial score (nSPS) is 50.1. The number of nitrogens with two attached hydrogens (primary N) is 1. The summed E-state index contributed by atoms with van der Waals surface area (Å²) in [7, 11) is 0. The van der Waals surface area contributed by atoms with Crippen LogP contribution in [0.25, 0.3) is 10.4 Å². The number of piperidine rings is 1. The van der Waals surface area contributed by atoms with Gasteiger partial charge in [-0.2, -0.15) is 0 Å². The molecule has 6 rings (SSSR count). The van der Waals surface area contributed by atoms with Crippen molar-refractivity contribution in [3.05, 3.63) is 10.4 Å². The first kappa shape index (κ1) is 17.3. The van der Waals surface area contributed by atoms with Crippen molar-refractivity contribution in [3.63, 3.8) is 0 Å². The lowest BCUT2D eigenvalue weighted by Gasteiger charge is -2.61. The Kier molecular flexibility index (Phi) is 3.32. The van der Waals surface area contributed by atoms with Crippen LogP contribution in [0.4, 0.5) is 0 Å². The van der Waals surface area contributed by atoms with E-state index < -0.39 is 29.0 Å². The van der Waals surface area contributed by atoms with Crippen molar-refractivity contribution in [2.24, 2.45) is 33.5 Å². The van der Waals surface area contributed by atoms with E-state index in [2.05, 4.69) is 16.9 Å². The number of carbonyl (C=O) groups excluding carboxylic acids is 2. The van der Waals surface area contributed by atoms with Crippen molar-refractivity contribution in [2.75, 3.05) is 0 Å². The van der Waals surface area contributed by atoms with Crippen LogP contribution in [0.2, 0.25) is 0 Å². The molecule has 5 saturated carbocycles. The summed E-state index contributed by atoms with van der Waals surface area (Å²) in [6.07, 6.45) is 6.27. The number of fused-ring (bicyclic) bond motifs is 1. The Morgan fingerprint density at radius 2 is 1.89 bits per heavy atom. The van der Waals surface area contributed by atoms with Gasteiger partial charge in [0.15, 0.2) is 0 Å². The average Bonchev–Trinajstić information content (AvgIpc) is 3.10. The second kappa shape index (κ2) is 5.17. The van der Waals surface area contributed by atoms with E-state index in [1.165, 1.54) is 0 Å². The molecular formula is C19H27N5O3. The molecule has 0 aromatic carbocycles. The zero-order chi connectivity index (χ0) is 19.2. The zero-order valence-electron chi connectivity index (χ0n) is 15.7. The molecule has 2 unspecified atom stereocenters. The van der Waals surface area contributed by atoms with Crippen molar-refractivity contribution in [1.29, 1.82) is 0 Å². The van der Waals surface area contributed by atoms with Gasteiger partial charge in [-0.25, -0.2) is 0 Å². The summed E-state index contributed by atoms with van der Waals surface area (Å²) < 4.78 is 0. The number of azide groups is 1. The van der Waals surface area contributed by atoms with Crippen LogP contribution in [0.3, 0.4) is 0 Å². The van der Waals surface area contributed by atoms with Crippen molar-refractivity contribution >= 4 is 11.8 Å². The molecule has 8 nitrogen and oxygen atoms in total. The van der Waals surface area contributed by atoms with Crippen LogP contribution in [0, 0.1) is 22.7 Å². The van der Waals surface area contributed by atoms with Crippen LogP contribution < -0.4 is 5.73 Å². The number of rotatable bonds is 4. The third-order valence-electron chi connectivity index (χ3n) is 8.27. The minimum Gasteiger partial charge on any atom is -0.390 e. The summed E-state index contributed by atoms with van der Waals surface area (Å²) >= 11 is 0. The van der Waals surface area contributed by atoms with Gasteiger partial charge in [-0.1, -0.05) is 12.0 Å². The summed E-state index contributed by atoms with van der Waals surface area (Å²) in [5, 5.41) is 15.0. The molecule has 0 aromatic rings. The molecule has 1 heterocycles. The van der Waals surface area contributed by atoms with E-state index in [1.54, 1.807) is 4.90 Å². The maximum Gasteiger partial charge on any atom is 0.240 e. The van der Waals surface area contributed by atoms with Gasteiger partial charge < -0.3 is 15.7 Å². The van der Waals surface area contributed by atoms with E-state index in [0.29, 0.717) is 24.7 Å². The summed E-state index contributed by atoms with van der Waals surface area (Å²) in [6.45, 7) is 2.08. The predicted molar refractivity (Wildman–Crippen MR) is 96.0 cm³/mol. The summed E-state index contributed by atoms with van der Waals surface area (Å²) in [6, 6.07) is -1.46. The molecule has 146 valence electrons. The largest absolute Gasteiger partial charge is 0.390 e. The monoisotopic (exact) mass is 373 g/mol. The molecule has 27 heavy (non-hydrogen) atoms. The van der Waals surface area contributed by atoms with Gasteiger partial charge in [0.05, 0.1) is 5.60 Å². The molecule has 0 aromatic heterocycles. The highest BCUT2D eigenvalue weighted by Crippen LogP contribution is 2.65. The number of hydrogen-bond acceptors (Lipinski definition) is 4. The Hall–Kier alpha value is -1.79. The molecule has 2 amide bonds. The standard InChI is InChI=1S/C19H27N5O3/c1-17-7-12(15(20)25)24(13(17)8-17)16(26)14(22-23-21)18-3-10-2-11(4-18)6-19(27,5-10)9-18/h10-14,27H,2-9H2,1H3,(H2,20,25)/t10?,11?,12-,13-,14-,17+,18?,19?/m0/s1. The van der Waals surface area contributed by atoms with Gasteiger partial charge in [0.2, 0.25) is 11.8 Å². The van der Waals surface area contributed by atoms with Gasteiger partial charge in [0, 0.05) is 11.0 Å². The highest BCUT2D eigenvalue weighted by atomic mass is 16.3. The minimum absolute atomic E-state index is 0.0101. The fourth-order valence-electron chi connectivity index (χ4n) is 7.57. The van der Waals surface area contributed by atoms with Gasteiger partial charge in [-0.05, 0) is 79.6 Å². The van der Waals surface area contributed by atoms with Crippen LogP contribution in [0.15, 0.2) is 5.11 Å². The Morgan fingerprint density at radius 3 is 2.44 bits per heavy atom. The fourth-order valence-corrected chi connectivity index (χ4v) is 7.57. The summed E-state index contributed by atoms with van der Waals surface area (Å²) in [5.41, 5.74) is 13.5. The van der Waals surface area contributed by atoms with Gasteiger partial charge in [0.1, 0.15) is 12.1 Å². The second-order valence-corrected chi connectivity index (χ2v) is 10.4. The first-order chi connectivity index (χ1) is 12.7. The Bertz CT molecular complexity index is 763. The predicted octanol–water partition coefficient (Wildman–Crippen LogP) is 1.86. The number of nitrogens with zero attached hydrogens (tertiary/aromatic N) is 4. The summed E-state index contributed by atoms with van der Waals surface area (Å²) in [4.78, 5) is 30.3. The van der Waals surface area contributed by atoms with E-state index in [0.717, 1.165) is 38.5 Å². The molecule has 3 N–H and O–H groups in total. The average molecular weight is 373 g/mol. The topological polar surface area (TPSA) is 132 Å². The van der Waals surface area contributed by atoms with E-state index in [1.807, 2.05) is 0 Å². The number of amides is 2. The Balaban J connectivity index is 1.51. The fraction of sp³-hybridized carbons (Fsp3) is 0.895. The zero-order valence-corrected chi connectivity index (χ0v) is 15.7. The van der Waals surface area contributed by atoms with Crippen molar-refractivity contribution in [1.82, 2.24) is 4.90 Å². The SMILES string of the molecule is C[C@@]12C[C@@H]1N(C(=O)[C@H](N=[N+]=[N-])C13CC4CC(CC(O)(C4)C1)C3)[C@H](C(N)=O)C2. The lowest BCUT2D eigenvalue weighted by atomic mass is 9.46. The number of carbonyl (C=O) groups is 2. The van der Waals surface area contributed by atoms with E-state index >= 15 is 0 Å². The molecule has 6 fully saturated rings. The molecule has 1 aliphatic heterocycles. The first-order valence-electron chi connectivity index (χ1n) is 10.1. The number of primary amides is 1. The third-order valence-corrected chi connectivity index (χ3v) is 8.27. The molecule has 6 aliphatic rings. The smallest absolute Gasteiger partial charge is 0.240 e. The van der Waals surface area contributed by atoms with Crippen molar-refractivity contribution in [2.45, 2.75) is 82.0 Å². The molecule has 5 aliphatic carbocycles. The third kappa shape index (κ3) is 2.36. The highest BCUT2D eigenvalue weighted by molar-refractivity contribution is 5.91. The van der Waals surface area contributed by atoms with Crippen LogP contribution in [-0.2, 0) is 9.59 Å². The van der Waals surface area contributed by atoms with Crippen LogP contribution >= 0.6 is 0 Å². The molecule has 6 atom stereocenters. The van der Waals surface area contributed by atoms with Gasteiger partial charge in [-0.15, -0.1) is 0 Å². The summed E-state index contributed by atoms with van der Waals surface area (Å²) in [5.74, 6) is 0.0308. The van der Waals surface area contributed by atoms with Gasteiger partial charge >= 0.3 is 0 Å². The molecule has 4 bridgehead atoms. The highest BCUT2D eigenvalue weighted by Gasteiger charge is 2.67. The molecule has 1 saturated heterocycles. The molecule has 0 radical (unpaired) electrons. The maximum atomic E-state index is 13.6. The molecular weight excluding hydrogens is 346 g/mol. The molecule has 0 spiro atoms. The van der Waals surface area contributed by atoms with Gasteiger partial charge in [-0.3, -0.25) is 9.59 Å². The number of likely N-dealkylation sites (tertiary alicyclic amines) is 1. The Morgan fingerprint density at radius 1 is 1.22 bits per heavy atom. The van der Waals surface area contributed by atoms with Crippen molar-refractivity contribution < 1.29 is 14.7 Å². The first-order valence-corrected chi connectivity index (χ1v) is 10.1. The van der Waals surface area contributed by atoms with Gasteiger partial charge in [0.25, 0.3) is 0 Å². The lowest BCUT2D eigenvalue weighted by molar-refractivity contribution is -0.178. The van der Waals surface area contributed by atoms with E-state index in [-0.39, 0.29) is 17.4 Å². The maximum absolute atomic E-state index is 13.6. The Labute approximate surface area is 158 Å². The lowest BCUT2D eigenvalue weighted by Crippen LogP contribution is -2.62. The number of hydrogen-bond donors (Lipinski definition) is 2. The molecule has 8 heteroatoms.